The van der Waals surface area contributed by atoms with Gasteiger partial charge in [-0.3, -0.25) is 0 Å². The van der Waals surface area contributed by atoms with Crippen LogP contribution in [0.25, 0.3) is 0 Å². The van der Waals surface area contributed by atoms with Crippen molar-refractivity contribution >= 4 is 22.1 Å². The van der Waals surface area contributed by atoms with E-state index in [1.165, 1.54) is 6.21 Å². The number of aromatic nitrogens is 1. The lowest BCUT2D eigenvalue weighted by Crippen LogP contribution is -1.84. The van der Waals surface area contributed by atoms with Crippen molar-refractivity contribution in [2.24, 2.45) is 5.16 Å². The zero-order valence-electron chi connectivity index (χ0n) is 5.03. The second kappa shape index (κ2) is 3.31. The Balaban J connectivity index is 3.03. The molecule has 1 aromatic rings. The summed E-state index contributed by atoms with van der Waals surface area (Å²) in [5.74, 6) is 0. The highest BCUT2D eigenvalue weighted by Crippen LogP contribution is 2.09. The van der Waals surface area contributed by atoms with E-state index in [1.54, 1.807) is 18.3 Å². The molecule has 0 aliphatic heterocycles. The number of hydrogen-bond acceptors (Lipinski definition) is 3. The predicted molar refractivity (Wildman–Crippen MR) is 41.3 cm³/mol. The minimum atomic E-state index is 0.674. The van der Waals surface area contributed by atoms with Crippen LogP contribution in [0, 0.1) is 0 Å². The summed E-state index contributed by atoms with van der Waals surface area (Å²) in [6.07, 6.45) is 2.97. The summed E-state index contributed by atoms with van der Waals surface area (Å²) in [6.45, 7) is 0. The molecule has 10 heavy (non-hydrogen) atoms. The van der Waals surface area contributed by atoms with Crippen LogP contribution in [0.5, 0.6) is 0 Å². The molecule has 0 saturated carbocycles. The molecular weight excluding hydrogens is 196 g/mol. The number of oxime groups is 1. The summed E-state index contributed by atoms with van der Waals surface area (Å²) in [4.78, 5) is 3.91. The van der Waals surface area contributed by atoms with Crippen molar-refractivity contribution in [1.29, 1.82) is 0 Å². The summed E-state index contributed by atoms with van der Waals surface area (Å²) in [6, 6.07) is 3.55. The smallest absolute Gasteiger partial charge is 0.114 e. The van der Waals surface area contributed by atoms with E-state index in [-0.39, 0.29) is 0 Å². The fourth-order valence-electron chi connectivity index (χ4n) is 0.557. The third-order valence-electron chi connectivity index (χ3n) is 0.985. The zero-order valence-corrected chi connectivity index (χ0v) is 6.62. The SMILES string of the molecule is O/N=C\c1cccnc1Br. The normalized spacial score (nSPS) is 10.5. The summed E-state index contributed by atoms with van der Waals surface area (Å²) in [7, 11) is 0. The molecule has 1 heterocycles. The van der Waals surface area contributed by atoms with Crippen LogP contribution in [-0.4, -0.2) is 16.4 Å². The lowest BCUT2D eigenvalue weighted by molar-refractivity contribution is 0.322. The average molecular weight is 201 g/mol. The third-order valence-corrected chi connectivity index (χ3v) is 1.65. The first-order valence-corrected chi connectivity index (χ1v) is 3.42. The van der Waals surface area contributed by atoms with Gasteiger partial charge in [-0.05, 0) is 28.1 Å². The van der Waals surface area contributed by atoms with Crippen LogP contribution in [0.1, 0.15) is 5.56 Å². The highest BCUT2D eigenvalue weighted by molar-refractivity contribution is 9.10. The summed E-state index contributed by atoms with van der Waals surface area (Å²) in [5.41, 5.74) is 0.755. The second-order valence-electron chi connectivity index (χ2n) is 1.63. The fraction of sp³-hybridized carbons (Fsp3) is 0. The van der Waals surface area contributed by atoms with Gasteiger partial charge in [0.25, 0.3) is 0 Å². The number of nitrogens with zero attached hydrogens (tertiary/aromatic N) is 2. The molecule has 0 aromatic carbocycles. The number of pyridine rings is 1. The Labute approximate surface area is 66.5 Å². The number of halogens is 1. The van der Waals surface area contributed by atoms with Crippen LogP contribution in [0.3, 0.4) is 0 Å². The number of hydrogen-bond donors (Lipinski definition) is 1. The Morgan fingerprint density at radius 1 is 1.70 bits per heavy atom. The lowest BCUT2D eigenvalue weighted by Gasteiger charge is -1.91. The van der Waals surface area contributed by atoms with Gasteiger partial charge in [-0.2, -0.15) is 0 Å². The van der Waals surface area contributed by atoms with Gasteiger partial charge >= 0.3 is 0 Å². The van der Waals surface area contributed by atoms with E-state index in [0.717, 1.165) is 5.56 Å². The molecule has 0 saturated heterocycles. The third kappa shape index (κ3) is 1.54. The van der Waals surface area contributed by atoms with Crippen molar-refractivity contribution < 1.29 is 5.21 Å². The van der Waals surface area contributed by atoms with Gasteiger partial charge in [0.15, 0.2) is 0 Å². The van der Waals surface area contributed by atoms with E-state index in [0.29, 0.717) is 4.60 Å². The molecule has 0 aliphatic rings. The van der Waals surface area contributed by atoms with E-state index >= 15 is 0 Å². The van der Waals surface area contributed by atoms with Gasteiger partial charge in [0.05, 0.1) is 6.21 Å². The van der Waals surface area contributed by atoms with Crippen LogP contribution in [0.15, 0.2) is 28.1 Å². The summed E-state index contributed by atoms with van der Waals surface area (Å²) in [5, 5.41) is 11.0. The predicted octanol–water partition coefficient (Wildman–Crippen LogP) is 1.65. The minimum absolute atomic E-state index is 0.674. The van der Waals surface area contributed by atoms with Crippen molar-refractivity contribution in [3.05, 3.63) is 28.5 Å². The molecule has 1 rings (SSSR count). The maximum Gasteiger partial charge on any atom is 0.114 e. The van der Waals surface area contributed by atoms with Crippen molar-refractivity contribution in [3.63, 3.8) is 0 Å². The molecule has 3 nitrogen and oxygen atoms in total. The molecule has 0 radical (unpaired) electrons. The van der Waals surface area contributed by atoms with Crippen molar-refractivity contribution in [3.8, 4) is 0 Å². The van der Waals surface area contributed by atoms with Gasteiger partial charge < -0.3 is 5.21 Å². The molecular formula is C6H5BrN2O. The molecule has 0 amide bonds. The molecule has 0 fully saturated rings. The highest BCUT2D eigenvalue weighted by atomic mass is 79.9. The van der Waals surface area contributed by atoms with Crippen molar-refractivity contribution in [1.82, 2.24) is 4.98 Å². The standard InChI is InChI=1S/C6H5BrN2O/c7-6-5(4-9-10)2-1-3-8-6/h1-4,10H/b9-4-. The molecule has 0 atom stereocenters. The first kappa shape index (κ1) is 7.21. The van der Waals surface area contributed by atoms with E-state index in [1.807, 2.05) is 0 Å². The average Bonchev–Trinajstić information content (AvgIpc) is 1.94. The quantitative estimate of drug-likeness (QED) is 0.325. The molecule has 52 valence electrons. The van der Waals surface area contributed by atoms with Crippen LogP contribution in [-0.2, 0) is 0 Å². The molecule has 1 aromatic heterocycles. The summed E-state index contributed by atoms with van der Waals surface area (Å²) < 4.78 is 0.674. The fourth-order valence-corrected chi connectivity index (χ4v) is 0.910. The van der Waals surface area contributed by atoms with Gasteiger partial charge in [0.2, 0.25) is 0 Å². The van der Waals surface area contributed by atoms with Crippen LogP contribution >= 0.6 is 15.9 Å². The first-order valence-electron chi connectivity index (χ1n) is 2.62. The first-order chi connectivity index (χ1) is 4.84. The Morgan fingerprint density at radius 3 is 3.10 bits per heavy atom. The van der Waals surface area contributed by atoms with Gasteiger partial charge in [-0.25, -0.2) is 4.98 Å². The molecule has 1 N–H and O–H groups in total. The van der Waals surface area contributed by atoms with Crippen molar-refractivity contribution in [2.75, 3.05) is 0 Å². The maximum absolute atomic E-state index is 8.16. The van der Waals surface area contributed by atoms with E-state index in [9.17, 15) is 0 Å². The second-order valence-corrected chi connectivity index (χ2v) is 2.38. The Kier molecular flexibility index (Phi) is 2.39. The molecule has 0 aliphatic carbocycles. The zero-order chi connectivity index (χ0) is 7.40. The monoisotopic (exact) mass is 200 g/mol. The van der Waals surface area contributed by atoms with Gasteiger partial charge in [-0.1, -0.05) is 5.16 Å². The topological polar surface area (TPSA) is 45.5 Å². The maximum atomic E-state index is 8.16. The van der Waals surface area contributed by atoms with Gasteiger partial charge in [-0.15, -0.1) is 0 Å². The Morgan fingerprint density at radius 2 is 2.50 bits per heavy atom. The molecule has 0 spiro atoms. The largest absolute Gasteiger partial charge is 0.411 e. The van der Waals surface area contributed by atoms with Crippen LogP contribution < -0.4 is 0 Å². The molecule has 0 bridgehead atoms. The van der Waals surface area contributed by atoms with Crippen LogP contribution in [0.2, 0.25) is 0 Å². The molecule has 4 heteroatoms. The Hall–Kier alpha value is -0.900. The lowest BCUT2D eigenvalue weighted by atomic mass is 10.3. The van der Waals surface area contributed by atoms with Crippen molar-refractivity contribution in [2.45, 2.75) is 0 Å². The van der Waals surface area contributed by atoms with E-state index in [4.69, 9.17) is 5.21 Å². The summed E-state index contributed by atoms with van der Waals surface area (Å²) >= 11 is 3.18. The molecule has 0 unspecified atom stereocenters. The van der Waals surface area contributed by atoms with E-state index < -0.39 is 0 Å². The number of rotatable bonds is 1. The van der Waals surface area contributed by atoms with Gasteiger partial charge in [0, 0.05) is 11.8 Å². The minimum Gasteiger partial charge on any atom is -0.411 e. The highest BCUT2D eigenvalue weighted by Gasteiger charge is 1.93. The van der Waals surface area contributed by atoms with E-state index in [2.05, 4.69) is 26.1 Å². The Bertz CT molecular complexity index is 249. The van der Waals surface area contributed by atoms with Crippen LogP contribution in [0.4, 0.5) is 0 Å². The van der Waals surface area contributed by atoms with Gasteiger partial charge in [0.1, 0.15) is 4.60 Å².